The van der Waals surface area contributed by atoms with E-state index in [0.717, 1.165) is 5.56 Å². The van der Waals surface area contributed by atoms with E-state index in [9.17, 15) is 9.18 Å². The van der Waals surface area contributed by atoms with Gasteiger partial charge in [-0.25, -0.2) is 4.39 Å². The molecule has 9 heteroatoms. The third-order valence-electron chi connectivity index (χ3n) is 4.98. The quantitative estimate of drug-likeness (QED) is 0.567. The van der Waals surface area contributed by atoms with Crippen LogP contribution in [0.5, 0.6) is 0 Å². The molecular formula is C20H16FN5O3. The van der Waals surface area contributed by atoms with Crippen molar-refractivity contribution in [3.63, 3.8) is 0 Å². The molecule has 4 aromatic rings. The van der Waals surface area contributed by atoms with Gasteiger partial charge in [-0.3, -0.25) is 9.89 Å². The van der Waals surface area contributed by atoms with E-state index in [1.165, 1.54) is 12.1 Å². The van der Waals surface area contributed by atoms with Gasteiger partial charge >= 0.3 is 0 Å². The Bertz CT molecular complexity index is 1180. The fourth-order valence-electron chi connectivity index (χ4n) is 3.48. The third kappa shape index (κ3) is 3.10. The minimum atomic E-state index is -0.379. The summed E-state index contributed by atoms with van der Waals surface area (Å²) in [6, 6.07) is 9.73. The zero-order valence-corrected chi connectivity index (χ0v) is 15.4. The van der Waals surface area contributed by atoms with E-state index in [4.69, 9.17) is 8.94 Å². The first-order valence-electron chi connectivity index (χ1n) is 9.08. The van der Waals surface area contributed by atoms with E-state index >= 15 is 0 Å². The molecule has 1 saturated heterocycles. The molecule has 1 atom stereocenters. The van der Waals surface area contributed by atoms with Crippen molar-refractivity contribution in [3.05, 3.63) is 59.9 Å². The number of H-pyrrole nitrogens is 1. The monoisotopic (exact) mass is 393 g/mol. The van der Waals surface area contributed by atoms with Gasteiger partial charge in [0, 0.05) is 30.6 Å². The van der Waals surface area contributed by atoms with Gasteiger partial charge in [-0.2, -0.15) is 10.1 Å². The van der Waals surface area contributed by atoms with Gasteiger partial charge in [0.15, 0.2) is 11.6 Å². The molecule has 3 aromatic heterocycles. The van der Waals surface area contributed by atoms with E-state index in [0.29, 0.717) is 35.2 Å². The molecular weight excluding hydrogens is 377 g/mol. The number of amides is 1. The number of hydrogen-bond acceptors (Lipinski definition) is 6. The van der Waals surface area contributed by atoms with E-state index in [2.05, 4.69) is 20.3 Å². The Balaban J connectivity index is 1.37. The van der Waals surface area contributed by atoms with Crippen LogP contribution in [0.15, 0.2) is 51.6 Å². The Labute approximate surface area is 164 Å². The molecule has 146 valence electrons. The maximum Gasteiger partial charge on any atom is 0.275 e. The summed E-state index contributed by atoms with van der Waals surface area (Å²) in [7, 11) is 0. The topological polar surface area (TPSA) is 101 Å². The number of carbonyl (C=O) groups excluding carboxylic acids is 1. The molecule has 8 nitrogen and oxygen atoms in total. The molecule has 1 fully saturated rings. The summed E-state index contributed by atoms with van der Waals surface area (Å²) in [5.74, 6) is 0.606. The minimum absolute atomic E-state index is 0.100. The number of aromatic amines is 1. The Hall–Kier alpha value is -3.75. The maximum atomic E-state index is 13.6. The summed E-state index contributed by atoms with van der Waals surface area (Å²) in [6.45, 7) is 2.21. The second-order valence-corrected chi connectivity index (χ2v) is 6.94. The van der Waals surface area contributed by atoms with Crippen molar-refractivity contribution in [1.82, 2.24) is 20.3 Å². The molecule has 1 aliphatic heterocycles. The Morgan fingerprint density at radius 2 is 2.17 bits per heavy atom. The summed E-state index contributed by atoms with van der Waals surface area (Å²) in [5, 5.41) is 11.1. The van der Waals surface area contributed by atoms with Crippen molar-refractivity contribution in [3.8, 4) is 23.0 Å². The minimum Gasteiger partial charge on any atom is -0.463 e. The predicted molar refractivity (Wildman–Crippen MR) is 100 cm³/mol. The van der Waals surface area contributed by atoms with Crippen LogP contribution in [0.2, 0.25) is 0 Å². The molecule has 0 aliphatic carbocycles. The first-order valence-corrected chi connectivity index (χ1v) is 9.08. The standard InChI is InChI=1S/C20H16FN5O3/c1-11-4-5-13(21)8-16(11)26-10-12(7-18(26)27)19-22-20(29-25-19)15-9-14(23-24-15)17-3-2-6-28-17/h2-6,8-9,12H,7,10H2,1H3,(H,23,24). The number of carbonyl (C=O) groups is 1. The summed E-state index contributed by atoms with van der Waals surface area (Å²) in [6.07, 6.45) is 1.80. The molecule has 0 spiro atoms. The predicted octanol–water partition coefficient (Wildman–Crippen LogP) is 3.69. The van der Waals surface area contributed by atoms with Crippen LogP contribution in [0.3, 0.4) is 0 Å². The Morgan fingerprint density at radius 1 is 1.28 bits per heavy atom. The molecule has 1 unspecified atom stereocenters. The van der Waals surface area contributed by atoms with Gasteiger partial charge in [0.1, 0.15) is 17.2 Å². The molecule has 5 rings (SSSR count). The van der Waals surface area contributed by atoms with E-state index < -0.39 is 0 Å². The summed E-state index contributed by atoms with van der Waals surface area (Å²) in [5.41, 5.74) is 2.57. The summed E-state index contributed by atoms with van der Waals surface area (Å²) in [4.78, 5) is 18.5. The average Bonchev–Trinajstić information content (AvgIpc) is 3.49. The lowest BCUT2D eigenvalue weighted by Crippen LogP contribution is -2.25. The first-order chi connectivity index (χ1) is 14.1. The van der Waals surface area contributed by atoms with Crippen molar-refractivity contribution >= 4 is 11.6 Å². The van der Waals surface area contributed by atoms with E-state index in [-0.39, 0.29) is 30.0 Å². The van der Waals surface area contributed by atoms with Crippen molar-refractivity contribution in [2.24, 2.45) is 0 Å². The smallest absolute Gasteiger partial charge is 0.275 e. The van der Waals surface area contributed by atoms with Gasteiger partial charge < -0.3 is 13.8 Å². The molecule has 1 N–H and O–H groups in total. The molecule has 4 heterocycles. The van der Waals surface area contributed by atoms with Crippen LogP contribution in [0.4, 0.5) is 10.1 Å². The number of nitrogens with one attached hydrogen (secondary N) is 1. The zero-order chi connectivity index (χ0) is 20.0. The van der Waals surface area contributed by atoms with Gasteiger partial charge in [-0.05, 0) is 36.8 Å². The molecule has 1 aliphatic rings. The fourth-order valence-corrected chi connectivity index (χ4v) is 3.48. The molecule has 1 amide bonds. The summed E-state index contributed by atoms with van der Waals surface area (Å²) < 4.78 is 24.3. The maximum absolute atomic E-state index is 13.6. The number of rotatable bonds is 4. The average molecular weight is 393 g/mol. The van der Waals surface area contributed by atoms with Crippen LogP contribution in [0.25, 0.3) is 23.0 Å². The third-order valence-corrected chi connectivity index (χ3v) is 4.98. The van der Waals surface area contributed by atoms with Crippen LogP contribution >= 0.6 is 0 Å². The number of hydrogen-bond donors (Lipinski definition) is 1. The highest BCUT2D eigenvalue weighted by atomic mass is 19.1. The highest BCUT2D eigenvalue weighted by molar-refractivity contribution is 5.97. The summed E-state index contributed by atoms with van der Waals surface area (Å²) >= 11 is 0. The molecule has 29 heavy (non-hydrogen) atoms. The van der Waals surface area contributed by atoms with Gasteiger partial charge in [0.2, 0.25) is 5.91 Å². The van der Waals surface area contributed by atoms with Crippen LogP contribution in [-0.4, -0.2) is 32.8 Å². The first kappa shape index (κ1) is 17.4. The SMILES string of the molecule is Cc1ccc(F)cc1N1CC(c2noc(-c3cc(-c4ccco4)n[nH]3)n2)CC1=O. The van der Waals surface area contributed by atoms with Crippen LogP contribution in [0, 0.1) is 12.7 Å². The van der Waals surface area contributed by atoms with Crippen molar-refractivity contribution in [2.75, 3.05) is 11.4 Å². The van der Waals surface area contributed by atoms with E-state index in [1.807, 2.05) is 6.92 Å². The van der Waals surface area contributed by atoms with Gasteiger partial charge in [0.25, 0.3) is 5.89 Å². The van der Waals surface area contributed by atoms with Crippen molar-refractivity contribution in [2.45, 2.75) is 19.3 Å². The lowest BCUT2D eigenvalue weighted by Gasteiger charge is -2.18. The Kier molecular flexibility index (Phi) is 4.01. The molecule has 1 aromatic carbocycles. The van der Waals surface area contributed by atoms with Crippen molar-refractivity contribution < 1.29 is 18.1 Å². The number of furan rings is 1. The number of benzene rings is 1. The zero-order valence-electron chi connectivity index (χ0n) is 15.4. The fraction of sp³-hybridized carbons (Fsp3) is 0.200. The lowest BCUT2D eigenvalue weighted by atomic mass is 10.1. The van der Waals surface area contributed by atoms with Crippen LogP contribution in [-0.2, 0) is 4.79 Å². The molecule has 0 saturated carbocycles. The molecule has 0 radical (unpaired) electrons. The highest BCUT2D eigenvalue weighted by Gasteiger charge is 2.35. The highest BCUT2D eigenvalue weighted by Crippen LogP contribution is 2.33. The molecule has 0 bridgehead atoms. The number of nitrogens with zero attached hydrogens (tertiary/aromatic N) is 4. The second-order valence-electron chi connectivity index (χ2n) is 6.94. The van der Waals surface area contributed by atoms with Crippen LogP contribution in [0.1, 0.15) is 23.7 Å². The van der Waals surface area contributed by atoms with Gasteiger partial charge in [0.05, 0.1) is 6.26 Å². The number of aryl methyl sites for hydroxylation is 1. The normalized spacial score (nSPS) is 16.7. The van der Waals surface area contributed by atoms with Gasteiger partial charge in [-0.15, -0.1) is 0 Å². The van der Waals surface area contributed by atoms with Gasteiger partial charge in [-0.1, -0.05) is 11.2 Å². The van der Waals surface area contributed by atoms with Crippen molar-refractivity contribution in [1.29, 1.82) is 0 Å². The Morgan fingerprint density at radius 3 is 3.00 bits per heavy atom. The number of halogens is 1. The lowest BCUT2D eigenvalue weighted by molar-refractivity contribution is -0.117. The second kappa shape index (κ2) is 6.69. The number of aromatic nitrogens is 4. The van der Waals surface area contributed by atoms with Crippen LogP contribution < -0.4 is 4.90 Å². The number of anilines is 1. The largest absolute Gasteiger partial charge is 0.463 e. The van der Waals surface area contributed by atoms with E-state index in [1.54, 1.807) is 35.4 Å².